The van der Waals surface area contributed by atoms with Gasteiger partial charge in [-0.15, -0.1) is 0 Å². The number of hydrogen-bond acceptors (Lipinski definition) is 2. The molecule has 0 saturated carbocycles. The first kappa shape index (κ1) is 27.5. The average Bonchev–Trinajstić information content (AvgIpc) is 2.80. The molecule has 0 radical (unpaired) electrons. The van der Waals surface area contributed by atoms with Crippen LogP contribution in [0.2, 0.25) is 0 Å². The van der Waals surface area contributed by atoms with Gasteiger partial charge in [0.1, 0.15) is 0 Å². The van der Waals surface area contributed by atoms with Crippen molar-refractivity contribution in [3.63, 3.8) is 0 Å². The summed E-state index contributed by atoms with van der Waals surface area (Å²) in [7, 11) is 1.60. The summed E-state index contributed by atoms with van der Waals surface area (Å²) in [5.41, 5.74) is 0.947. The molecule has 0 fully saturated rings. The quantitative estimate of drug-likeness (QED) is 0.162. The Morgan fingerprint density at radius 2 is 1.19 bits per heavy atom. The van der Waals surface area contributed by atoms with Crippen LogP contribution in [0.5, 0.6) is 0 Å². The summed E-state index contributed by atoms with van der Waals surface area (Å²) < 4.78 is 5.37. The normalized spacial score (nSPS) is 11.9. The van der Waals surface area contributed by atoms with E-state index >= 15 is 0 Å². The summed E-state index contributed by atoms with van der Waals surface area (Å²) in [6, 6.07) is 9.56. The number of rotatable bonds is 20. The van der Waals surface area contributed by atoms with E-state index in [0.29, 0.717) is 0 Å². The van der Waals surface area contributed by atoms with E-state index in [1.165, 1.54) is 96.3 Å². The number of ether oxygens (including phenoxy) is 1. The zero-order valence-electron chi connectivity index (χ0n) is 20.3. The second kappa shape index (κ2) is 20.4. The number of hydrogen-bond donors (Lipinski definition) is 2. The number of urea groups is 1. The highest BCUT2D eigenvalue weighted by atomic mass is 16.5. The smallest absolute Gasteiger partial charge is 0.317 e. The van der Waals surface area contributed by atoms with Gasteiger partial charge in [0.15, 0.2) is 6.23 Å². The summed E-state index contributed by atoms with van der Waals surface area (Å²) in [5, 5.41) is 5.80. The van der Waals surface area contributed by atoms with Gasteiger partial charge in [0.2, 0.25) is 0 Å². The molecule has 1 aromatic rings. The Labute approximate surface area is 191 Å². The van der Waals surface area contributed by atoms with Crippen molar-refractivity contribution < 1.29 is 9.53 Å². The highest BCUT2D eigenvalue weighted by molar-refractivity contribution is 5.74. The lowest BCUT2D eigenvalue weighted by molar-refractivity contribution is 0.0813. The van der Waals surface area contributed by atoms with E-state index in [-0.39, 0.29) is 6.03 Å². The fraction of sp³-hybridized carbons (Fsp3) is 0.741. The van der Waals surface area contributed by atoms with Crippen molar-refractivity contribution in [3.05, 3.63) is 35.9 Å². The van der Waals surface area contributed by atoms with Crippen LogP contribution in [0.15, 0.2) is 30.3 Å². The minimum atomic E-state index is -0.410. The Balaban J connectivity index is 1.84. The summed E-state index contributed by atoms with van der Waals surface area (Å²) in [6.45, 7) is 3.00. The molecule has 0 saturated heterocycles. The lowest BCUT2D eigenvalue weighted by Gasteiger charge is -2.17. The van der Waals surface area contributed by atoms with Gasteiger partial charge in [0.05, 0.1) is 0 Å². The van der Waals surface area contributed by atoms with Crippen LogP contribution >= 0.6 is 0 Å². The van der Waals surface area contributed by atoms with Gasteiger partial charge in [0.25, 0.3) is 0 Å². The SMILES string of the molecule is CCCCCCCCCCCCCCCCCCNC(=O)NC(OC)c1ccccc1. The van der Waals surface area contributed by atoms with Crippen LogP contribution in [-0.2, 0) is 4.74 Å². The summed E-state index contributed by atoms with van der Waals surface area (Å²) in [5.74, 6) is 0. The summed E-state index contributed by atoms with van der Waals surface area (Å²) in [4.78, 5) is 12.0. The lowest BCUT2D eigenvalue weighted by Crippen LogP contribution is -2.39. The third-order valence-corrected chi connectivity index (χ3v) is 5.92. The van der Waals surface area contributed by atoms with Crippen molar-refractivity contribution >= 4 is 6.03 Å². The molecule has 4 nitrogen and oxygen atoms in total. The Kier molecular flexibility index (Phi) is 18.0. The highest BCUT2D eigenvalue weighted by Crippen LogP contribution is 2.14. The third-order valence-electron chi connectivity index (χ3n) is 5.92. The Hall–Kier alpha value is -1.55. The number of benzene rings is 1. The molecular weight excluding hydrogens is 384 g/mol. The summed E-state index contributed by atoms with van der Waals surface area (Å²) >= 11 is 0. The van der Waals surface area contributed by atoms with Crippen LogP contribution in [0.25, 0.3) is 0 Å². The highest BCUT2D eigenvalue weighted by Gasteiger charge is 2.12. The van der Waals surface area contributed by atoms with E-state index < -0.39 is 6.23 Å². The molecule has 0 aliphatic carbocycles. The predicted octanol–water partition coefficient (Wildman–Crippen LogP) is 7.89. The Morgan fingerprint density at radius 1 is 0.742 bits per heavy atom. The zero-order valence-corrected chi connectivity index (χ0v) is 20.3. The van der Waals surface area contributed by atoms with Gasteiger partial charge < -0.3 is 15.4 Å². The van der Waals surface area contributed by atoms with Crippen molar-refractivity contribution in [1.82, 2.24) is 10.6 Å². The van der Waals surface area contributed by atoms with Gasteiger partial charge in [0, 0.05) is 19.2 Å². The maximum atomic E-state index is 12.0. The number of carbonyl (C=O) groups excluding carboxylic acids is 1. The number of carbonyl (C=O) groups is 1. The van der Waals surface area contributed by atoms with Crippen LogP contribution < -0.4 is 10.6 Å². The van der Waals surface area contributed by atoms with Crippen molar-refractivity contribution in [2.24, 2.45) is 0 Å². The molecule has 0 aliphatic heterocycles. The molecule has 0 spiro atoms. The van der Waals surface area contributed by atoms with Crippen LogP contribution in [0.4, 0.5) is 4.79 Å². The molecule has 2 N–H and O–H groups in total. The van der Waals surface area contributed by atoms with Gasteiger partial charge in [-0.3, -0.25) is 0 Å². The first-order valence-electron chi connectivity index (χ1n) is 12.9. The lowest BCUT2D eigenvalue weighted by atomic mass is 10.0. The molecule has 1 aromatic carbocycles. The minimum absolute atomic E-state index is 0.170. The van der Waals surface area contributed by atoms with E-state index in [0.717, 1.165) is 18.5 Å². The molecule has 0 bridgehead atoms. The molecule has 0 aliphatic rings. The first-order valence-corrected chi connectivity index (χ1v) is 12.9. The molecule has 31 heavy (non-hydrogen) atoms. The standard InChI is InChI=1S/C27H48N2O2/c1-3-4-5-6-7-8-9-10-11-12-13-14-15-16-17-21-24-28-27(30)29-26(31-2)25-22-19-18-20-23-25/h18-20,22-23,26H,3-17,21,24H2,1-2H3,(H2,28,29,30). The maximum Gasteiger partial charge on any atom is 0.317 e. The van der Waals surface area contributed by atoms with Crippen molar-refractivity contribution in [2.75, 3.05) is 13.7 Å². The van der Waals surface area contributed by atoms with Gasteiger partial charge in [-0.2, -0.15) is 0 Å². The first-order chi connectivity index (χ1) is 15.3. The number of amides is 2. The summed E-state index contributed by atoms with van der Waals surface area (Å²) in [6.07, 6.45) is 21.3. The van der Waals surface area contributed by atoms with E-state index in [1.807, 2.05) is 30.3 Å². The number of nitrogens with one attached hydrogen (secondary N) is 2. The largest absolute Gasteiger partial charge is 0.357 e. The third kappa shape index (κ3) is 15.8. The zero-order chi connectivity index (χ0) is 22.4. The molecule has 1 unspecified atom stereocenters. The van der Waals surface area contributed by atoms with Crippen LogP contribution in [0.1, 0.15) is 121 Å². The average molecular weight is 433 g/mol. The van der Waals surface area contributed by atoms with Gasteiger partial charge in [-0.05, 0) is 6.42 Å². The molecule has 2 amide bonds. The molecule has 0 aromatic heterocycles. The molecule has 4 heteroatoms. The molecule has 178 valence electrons. The van der Waals surface area contributed by atoms with Crippen molar-refractivity contribution in [1.29, 1.82) is 0 Å². The van der Waals surface area contributed by atoms with E-state index in [4.69, 9.17) is 4.74 Å². The number of unbranched alkanes of at least 4 members (excludes halogenated alkanes) is 15. The van der Waals surface area contributed by atoms with Crippen LogP contribution in [-0.4, -0.2) is 19.7 Å². The van der Waals surface area contributed by atoms with E-state index in [9.17, 15) is 4.79 Å². The van der Waals surface area contributed by atoms with Crippen LogP contribution in [0.3, 0.4) is 0 Å². The second-order valence-electron chi connectivity index (χ2n) is 8.73. The van der Waals surface area contributed by atoms with Crippen molar-refractivity contribution in [2.45, 2.75) is 116 Å². The van der Waals surface area contributed by atoms with Crippen LogP contribution in [0, 0.1) is 0 Å². The topological polar surface area (TPSA) is 50.4 Å². The van der Waals surface area contributed by atoms with Gasteiger partial charge in [-0.25, -0.2) is 4.79 Å². The molecule has 1 rings (SSSR count). The fourth-order valence-electron chi connectivity index (χ4n) is 3.95. The van der Waals surface area contributed by atoms with E-state index in [2.05, 4.69) is 17.6 Å². The Morgan fingerprint density at radius 3 is 1.65 bits per heavy atom. The second-order valence-corrected chi connectivity index (χ2v) is 8.73. The maximum absolute atomic E-state index is 12.0. The van der Waals surface area contributed by atoms with Crippen molar-refractivity contribution in [3.8, 4) is 0 Å². The monoisotopic (exact) mass is 432 g/mol. The van der Waals surface area contributed by atoms with Gasteiger partial charge >= 0.3 is 6.03 Å². The molecule has 1 atom stereocenters. The minimum Gasteiger partial charge on any atom is -0.357 e. The van der Waals surface area contributed by atoms with E-state index in [1.54, 1.807) is 7.11 Å². The van der Waals surface area contributed by atoms with Gasteiger partial charge in [-0.1, -0.05) is 134 Å². The predicted molar refractivity (Wildman–Crippen MR) is 132 cm³/mol. The fourth-order valence-corrected chi connectivity index (χ4v) is 3.95. The molecular formula is C27H48N2O2. The number of methoxy groups -OCH3 is 1. The Bertz CT molecular complexity index is 521. The molecule has 0 heterocycles.